The van der Waals surface area contributed by atoms with Crippen LogP contribution in [0.1, 0.15) is 12.1 Å². The van der Waals surface area contributed by atoms with E-state index in [1.807, 2.05) is 41.2 Å². The minimum absolute atomic E-state index is 0.450. The number of aromatic nitrogens is 2. The van der Waals surface area contributed by atoms with Crippen LogP contribution in [-0.2, 0) is 11.3 Å². The minimum atomic E-state index is 0.450. The molecule has 1 aromatic heterocycles. The summed E-state index contributed by atoms with van der Waals surface area (Å²) >= 11 is 0. The maximum Gasteiger partial charge on any atom is 0.188 e. The van der Waals surface area contributed by atoms with Crippen LogP contribution in [0.2, 0.25) is 0 Å². The summed E-state index contributed by atoms with van der Waals surface area (Å²) in [5.41, 5.74) is 7.78. The summed E-state index contributed by atoms with van der Waals surface area (Å²) in [6.07, 6.45) is 2.95. The van der Waals surface area contributed by atoms with Gasteiger partial charge in [-0.15, -0.1) is 0 Å². The van der Waals surface area contributed by atoms with Gasteiger partial charge < -0.3 is 20.5 Å². The number of morpholine rings is 1. The van der Waals surface area contributed by atoms with Crippen LogP contribution in [0.25, 0.3) is 5.69 Å². The highest BCUT2D eigenvalue weighted by Crippen LogP contribution is 2.14. The number of nitrogens with two attached hydrogens (primary N) is 1. The molecule has 3 N–H and O–H groups in total. The van der Waals surface area contributed by atoms with E-state index in [0.29, 0.717) is 12.5 Å². The van der Waals surface area contributed by atoms with Gasteiger partial charge in [0.05, 0.1) is 38.2 Å². The van der Waals surface area contributed by atoms with E-state index in [1.165, 1.54) is 0 Å². The molecule has 0 atom stereocenters. The second kappa shape index (κ2) is 9.94. The summed E-state index contributed by atoms with van der Waals surface area (Å²) in [5.74, 6) is 1.28. The molecular formula is C19H28N6O2. The SMILES string of the molecule is COc1ccc(-n2ccc(CN=C(N)NCCCN3CCOCC3)n2)cc1. The van der Waals surface area contributed by atoms with Crippen molar-refractivity contribution < 1.29 is 9.47 Å². The number of hydrogen-bond acceptors (Lipinski definition) is 5. The summed E-state index contributed by atoms with van der Waals surface area (Å²) in [6, 6.07) is 9.69. The number of benzene rings is 1. The number of nitrogens with zero attached hydrogens (tertiary/aromatic N) is 4. The third-order valence-corrected chi connectivity index (χ3v) is 4.45. The molecule has 8 heteroatoms. The van der Waals surface area contributed by atoms with Crippen molar-refractivity contribution in [2.45, 2.75) is 13.0 Å². The molecule has 2 aromatic rings. The Bertz CT molecular complexity index is 722. The van der Waals surface area contributed by atoms with Crippen molar-refractivity contribution in [3.8, 4) is 11.4 Å². The zero-order valence-electron chi connectivity index (χ0n) is 15.8. The number of hydrogen-bond donors (Lipinski definition) is 2. The lowest BCUT2D eigenvalue weighted by Gasteiger charge is -2.26. The molecule has 146 valence electrons. The summed E-state index contributed by atoms with van der Waals surface area (Å²) in [7, 11) is 1.65. The quantitative estimate of drug-likeness (QED) is 0.408. The number of ether oxygens (including phenoxy) is 2. The average molecular weight is 372 g/mol. The number of aliphatic imine (C=N–C) groups is 1. The third-order valence-electron chi connectivity index (χ3n) is 4.45. The maximum absolute atomic E-state index is 5.95. The second-order valence-corrected chi connectivity index (χ2v) is 6.39. The molecule has 1 aromatic carbocycles. The molecule has 0 spiro atoms. The Labute approximate surface area is 160 Å². The van der Waals surface area contributed by atoms with E-state index in [2.05, 4.69) is 20.3 Å². The highest BCUT2D eigenvalue weighted by Gasteiger charge is 2.09. The Balaban J connectivity index is 1.41. The van der Waals surface area contributed by atoms with Gasteiger partial charge in [-0.25, -0.2) is 9.67 Å². The smallest absolute Gasteiger partial charge is 0.188 e. The molecule has 0 unspecified atom stereocenters. The highest BCUT2D eigenvalue weighted by molar-refractivity contribution is 5.77. The molecule has 8 nitrogen and oxygen atoms in total. The van der Waals surface area contributed by atoms with Crippen LogP contribution < -0.4 is 15.8 Å². The lowest BCUT2D eigenvalue weighted by atomic mass is 10.3. The van der Waals surface area contributed by atoms with Gasteiger partial charge in [0.1, 0.15) is 5.75 Å². The van der Waals surface area contributed by atoms with Gasteiger partial charge in [-0.3, -0.25) is 4.90 Å². The average Bonchev–Trinajstić information content (AvgIpc) is 3.19. The van der Waals surface area contributed by atoms with E-state index in [9.17, 15) is 0 Å². The van der Waals surface area contributed by atoms with Gasteiger partial charge >= 0.3 is 0 Å². The van der Waals surface area contributed by atoms with Crippen molar-refractivity contribution >= 4 is 5.96 Å². The zero-order chi connectivity index (χ0) is 18.9. The van der Waals surface area contributed by atoms with E-state index < -0.39 is 0 Å². The van der Waals surface area contributed by atoms with Crippen molar-refractivity contribution in [3.05, 3.63) is 42.2 Å². The van der Waals surface area contributed by atoms with Crippen LogP contribution in [0.15, 0.2) is 41.5 Å². The van der Waals surface area contributed by atoms with E-state index >= 15 is 0 Å². The van der Waals surface area contributed by atoms with Crippen LogP contribution in [0.4, 0.5) is 0 Å². The number of nitrogens with one attached hydrogen (secondary N) is 1. The van der Waals surface area contributed by atoms with Crippen LogP contribution in [0, 0.1) is 0 Å². The number of rotatable bonds is 8. The molecule has 0 radical (unpaired) electrons. The molecule has 1 aliphatic heterocycles. The van der Waals surface area contributed by atoms with Crippen molar-refractivity contribution in [1.29, 1.82) is 0 Å². The fourth-order valence-electron chi connectivity index (χ4n) is 2.89. The first kappa shape index (κ1) is 19.2. The molecule has 1 aliphatic rings. The molecular weight excluding hydrogens is 344 g/mol. The molecule has 0 amide bonds. The predicted octanol–water partition coefficient (Wildman–Crippen LogP) is 1.01. The van der Waals surface area contributed by atoms with E-state index in [-0.39, 0.29) is 0 Å². The van der Waals surface area contributed by atoms with Gasteiger partial charge in [0.2, 0.25) is 0 Å². The van der Waals surface area contributed by atoms with Gasteiger partial charge in [0, 0.05) is 25.8 Å². The second-order valence-electron chi connectivity index (χ2n) is 6.39. The Morgan fingerprint density at radius 1 is 1.26 bits per heavy atom. The Morgan fingerprint density at radius 2 is 2.04 bits per heavy atom. The van der Waals surface area contributed by atoms with Crippen molar-refractivity contribution in [3.63, 3.8) is 0 Å². The molecule has 1 saturated heterocycles. The Morgan fingerprint density at radius 3 is 2.78 bits per heavy atom. The van der Waals surface area contributed by atoms with Crippen molar-refractivity contribution in [1.82, 2.24) is 20.0 Å². The summed E-state index contributed by atoms with van der Waals surface area (Å²) in [6.45, 7) is 6.01. The molecule has 3 rings (SSSR count). The lowest BCUT2D eigenvalue weighted by Crippen LogP contribution is -2.39. The molecule has 0 aliphatic carbocycles. The van der Waals surface area contributed by atoms with Crippen LogP contribution in [0.5, 0.6) is 5.75 Å². The minimum Gasteiger partial charge on any atom is -0.497 e. The first-order chi connectivity index (χ1) is 13.2. The third kappa shape index (κ3) is 5.97. The van der Waals surface area contributed by atoms with E-state index in [0.717, 1.165) is 62.9 Å². The summed E-state index contributed by atoms with van der Waals surface area (Å²) in [4.78, 5) is 6.77. The van der Waals surface area contributed by atoms with Crippen LogP contribution >= 0.6 is 0 Å². The molecule has 1 fully saturated rings. The van der Waals surface area contributed by atoms with Crippen LogP contribution in [0.3, 0.4) is 0 Å². The lowest BCUT2D eigenvalue weighted by molar-refractivity contribution is 0.0376. The molecule has 27 heavy (non-hydrogen) atoms. The van der Waals surface area contributed by atoms with Gasteiger partial charge in [-0.1, -0.05) is 0 Å². The molecule has 0 saturated carbocycles. The maximum atomic E-state index is 5.95. The topological polar surface area (TPSA) is 89.9 Å². The standard InChI is InChI=1S/C19H28N6O2/c1-26-18-5-3-17(4-6-18)25-10-7-16(23-25)15-22-19(20)21-8-2-9-24-11-13-27-14-12-24/h3-7,10H,2,8-9,11-15H2,1H3,(H3,20,21,22). The van der Waals surface area contributed by atoms with E-state index in [1.54, 1.807) is 7.11 Å². The fourth-order valence-corrected chi connectivity index (χ4v) is 2.89. The Hall–Kier alpha value is -2.58. The fraction of sp³-hybridized carbons (Fsp3) is 0.474. The van der Waals surface area contributed by atoms with E-state index in [4.69, 9.17) is 15.2 Å². The normalized spacial score (nSPS) is 15.7. The zero-order valence-corrected chi connectivity index (χ0v) is 15.8. The first-order valence-corrected chi connectivity index (χ1v) is 9.27. The summed E-state index contributed by atoms with van der Waals surface area (Å²) < 4.78 is 12.3. The monoisotopic (exact) mass is 372 g/mol. The number of guanidine groups is 1. The van der Waals surface area contributed by atoms with Crippen molar-refractivity contribution in [2.24, 2.45) is 10.7 Å². The van der Waals surface area contributed by atoms with Gasteiger partial charge in [0.15, 0.2) is 5.96 Å². The molecule has 2 heterocycles. The highest BCUT2D eigenvalue weighted by atomic mass is 16.5. The molecule has 0 bridgehead atoms. The van der Waals surface area contributed by atoms with Crippen LogP contribution in [-0.4, -0.2) is 67.1 Å². The van der Waals surface area contributed by atoms with Gasteiger partial charge in [0.25, 0.3) is 0 Å². The van der Waals surface area contributed by atoms with Gasteiger partial charge in [-0.05, 0) is 43.3 Å². The van der Waals surface area contributed by atoms with Crippen molar-refractivity contribution in [2.75, 3.05) is 46.5 Å². The summed E-state index contributed by atoms with van der Waals surface area (Å²) in [5, 5.41) is 7.70. The first-order valence-electron chi connectivity index (χ1n) is 9.27. The Kier molecular flexibility index (Phi) is 7.06. The van der Waals surface area contributed by atoms with Gasteiger partial charge in [-0.2, -0.15) is 5.10 Å². The largest absolute Gasteiger partial charge is 0.497 e. The predicted molar refractivity (Wildman–Crippen MR) is 105 cm³/mol. The number of methoxy groups -OCH3 is 1.